The summed E-state index contributed by atoms with van der Waals surface area (Å²) >= 11 is 0. The minimum atomic E-state index is -1.30. The Morgan fingerprint density at radius 3 is 1.95 bits per heavy atom. The average molecular weight is 539 g/mol. The van der Waals surface area contributed by atoms with E-state index in [2.05, 4.69) is 39.6 Å². The van der Waals surface area contributed by atoms with Crippen LogP contribution in [0.4, 0.5) is 5.69 Å². The minimum Gasteiger partial charge on any atom is -0.391 e. The Balaban J connectivity index is 1.49. The lowest BCUT2D eigenvalue weighted by Gasteiger charge is -2.19. The lowest BCUT2D eigenvalue weighted by atomic mass is 10.1. The van der Waals surface area contributed by atoms with Crippen molar-refractivity contribution in [1.29, 1.82) is 0 Å². The number of hydroxylamine groups is 1. The number of nitrogens with one attached hydrogen (secondary N) is 4. The second-order valence-electron chi connectivity index (χ2n) is 8.88. The van der Waals surface area contributed by atoms with E-state index in [1.165, 1.54) is 24.5 Å². The van der Waals surface area contributed by atoms with Crippen molar-refractivity contribution in [3.8, 4) is 23.7 Å². The summed E-state index contributed by atoms with van der Waals surface area (Å²) in [5.74, 6) is 9.68. The van der Waals surface area contributed by atoms with Crippen molar-refractivity contribution in [2.75, 3.05) is 11.9 Å². The molecular weight excluding hydrogens is 508 g/mol. The molecule has 40 heavy (non-hydrogen) atoms. The van der Waals surface area contributed by atoms with E-state index in [1.807, 2.05) is 37.3 Å². The highest BCUT2D eigenvalue weighted by Gasteiger charge is 2.25. The van der Waals surface area contributed by atoms with Crippen LogP contribution in [0.5, 0.6) is 0 Å². The van der Waals surface area contributed by atoms with Crippen LogP contribution in [-0.4, -0.2) is 46.7 Å². The molecule has 3 amide bonds. The van der Waals surface area contributed by atoms with E-state index in [9.17, 15) is 19.5 Å². The summed E-state index contributed by atoms with van der Waals surface area (Å²) in [5.41, 5.74) is 4.79. The van der Waals surface area contributed by atoms with Gasteiger partial charge in [0.05, 0.1) is 12.6 Å². The summed E-state index contributed by atoms with van der Waals surface area (Å²) in [7, 11) is 0. The molecule has 2 unspecified atom stereocenters. The summed E-state index contributed by atoms with van der Waals surface area (Å²) < 4.78 is 0. The maximum Gasteiger partial charge on any atom is 0.268 e. The van der Waals surface area contributed by atoms with E-state index in [0.717, 1.165) is 11.1 Å². The van der Waals surface area contributed by atoms with Gasteiger partial charge in [0.15, 0.2) is 0 Å². The molecule has 0 aliphatic rings. The van der Waals surface area contributed by atoms with Crippen molar-refractivity contribution in [3.63, 3.8) is 0 Å². The Bertz CT molecular complexity index is 1430. The summed E-state index contributed by atoms with van der Waals surface area (Å²) in [6.07, 6.45) is -1.20. The van der Waals surface area contributed by atoms with Crippen LogP contribution in [0.2, 0.25) is 0 Å². The van der Waals surface area contributed by atoms with Crippen LogP contribution >= 0.6 is 0 Å². The number of aliphatic hydroxyl groups is 1. The highest BCUT2D eigenvalue weighted by molar-refractivity contribution is 5.97. The van der Waals surface area contributed by atoms with Gasteiger partial charge in [0.1, 0.15) is 6.04 Å². The van der Waals surface area contributed by atoms with E-state index in [4.69, 9.17) is 5.21 Å². The first-order valence-electron chi connectivity index (χ1n) is 12.5. The Morgan fingerprint density at radius 1 is 0.825 bits per heavy atom. The summed E-state index contributed by atoms with van der Waals surface area (Å²) in [5, 5.41) is 26.8. The third-order valence-electron chi connectivity index (χ3n) is 5.82. The van der Waals surface area contributed by atoms with Gasteiger partial charge >= 0.3 is 0 Å². The molecule has 3 atom stereocenters. The van der Waals surface area contributed by atoms with Crippen LogP contribution in [0, 0.1) is 23.7 Å². The lowest BCUT2D eigenvalue weighted by Crippen LogP contribution is -2.51. The van der Waals surface area contributed by atoms with E-state index in [0.29, 0.717) is 11.3 Å². The van der Waals surface area contributed by atoms with Crippen LogP contribution in [0.25, 0.3) is 0 Å². The second-order valence-corrected chi connectivity index (χ2v) is 8.88. The predicted octanol–water partition coefficient (Wildman–Crippen LogP) is 2.36. The molecule has 0 saturated heterocycles. The van der Waals surface area contributed by atoms with Gasteiger partial charge in [-0.3, -0.25) is 19.6 Å². The molecular formula is C31H30N4O5. The van der Waals surface area contributed by atoms with Crippen LogP contribution in [-0.2, 0) is 9.59 Å². The van der Waals surface area contributed by atoms with E-state index in [-0.39, 0.29) is 24.1 Å². The number of carbonyl (C=O) groups is 3. The molecule has 0 aliphatic heterocycles. The maximum atomic E-state index is 12.3. The summed E-state index contributed by atoms with van der Waals surface area (Å²) in [6, 6.07) is 22.1. The van der Waals surface area contributed by atoms with Gasteiger partial charge < -0.3 is 21.1 Å². The summed E-state index contributed by atoms with van der Waals surface area (Å²) in [4.78, 5) is 36.2. The standard InChI is InChI=1S/C31H30N4O5/c1-21(25-10-4-3-5-11-25)32-20-28(37)33-27-18-14-24(15-19-27)9-7-6-8-23-12-16-26(17-13-23)30(38)34-29(22(2)36)31(39)35-40/h3-5,10-19,21-22,29,32,36,40H,20H2,1-2H3,(H,33,37)(H,34,38)(H,35,39)/t21-,22?,29?/m0/s1. The highest BCUT2D eigenvalue weighted by Crippen LogP contribution is 2.12. The van der Waals surface area contributed by atoms with Crippen molar-refractivity contribution < 1.29 is 24.7 Å². The largest absolute Gasteiger partial charge is 0.391 e. The van der Waals surface area contributed by atoms with Crippen molar-refractivity contribution in [2.24, 2.45) is 0 Å². The van der Waals surface area contributed by atoms with Gasteiger partial charge in [-0.2, -0.15) is 0 Å². The number of amides is 3. The molecule has 0 spiro atoms. The van der Waals surface area contributed by atoms with Gasteiger partial charge in [-0.25, -0.2) is 5.48 Å². The molecule has 0 aliphatic carbocycles. The van der Waals surface area contributed by atoms with Crippen molar-refractivity contribution in [3.05, 3.63) is 101 Å². The molecule has 0 aromatic heterocycles. The molecule has 0 radical (unpaired) electrons. The number of carbonyl (C=O) groups excluding carboxylic acids is 3. The topological polar surface area (TPSA) is 140 Å². The van der Waals surface area contributed by atoms with Gasteiger partial charge in [-0.1, -0.05) is 42.2 Å². The fraction of sp³-hybridized carbons (Fsp3) is 0.194. The van der Waals surface area contributed by atoms with Gasteiger partial charge in [0.2, 0.25) is 5.91 Å². The molecule has 3 aromatic rings. The van der Waals surface area contributed by atoms with Gasteiger partial charge in [0.25, 0.3) is 11.8 Å². The smallest absolute Gasteiger partial charge is 0.268 e. The molecule has 0 heterocycles. The molecule has 3 rings (SSSR count). The van der Waals surface area contributed by atoms with Gasteiger partial charge in [-0.15, -0.1) is 0 Å². The van der Waals surface area contributed by atoms with Crippen molar-refractivity contribution >= 4 is 23.4 Å². The molecule has 9 nitrogen and oxygen atoms in total. The fourth-order valence-corrected chi connectivity index (χ4v) is 3.56. The Kier molecular flexibility index (Phi) is 11.0. The number of anilines is 1. The van der Waals surface area contributed by atoms with Crippen LogP contribution < -0.4 is 21.4 Å². The first kappa shape index (κ1) is 29.6. The SMILES string of the molecule is CC(O)C(NC(=O)c1ccc(C#CC#Cc2ccc(NC(=O)CN[C@@H](C)c3ccccc3)cc2)cc1)C(=O)NO. The number of rotatable bonds is 9. The second kappa shape index (κ2) is 14.9. The molecule has 3 aromatic carbocycles. The third kappa shape index (κ3) is 9.12. The van der Waals surface area contributed by atoms with Crippen molar-refractivity contribution in [2.45, 2.75) is 32.0 Å². The third-order valence-corrected chi connectivity index (χ3v) is 5.82. The first-order chi connectivity index (χ1) is 19.3. The van der Waals surface area contributed by atoms with E-state index < -0.39 is 24.0 Å². The van der Waals surface area contributed by atoms with E-state index >= 15 is 0 Å². The lowest BCUT2D eigenvalue weighted by molar-refractivity contribution is -0.133. The zero-order valence-corrected chi connectivity index (χ0v) is 22.1. The highest BCUT2D eigenvalue weighted by atomic mass is 16.5. The maximum absolute atomic E-state index is 12.3. The van der Waals surface area contributed by atoms with Crippen molar-refractivity contribution in [1.82, 2.24) is 16.1 Å². The normalized spacial score (nSPS) is 12.3. The van der Waals surface area contributed by atoms with E-state index in [1.54, 1.807) is 36.4 Å². The van der Waals surface area contributed by atoms with Gasteiger partial charge in [-0.05, 0) is 79.8 Å². The zero-order valence-electron chi connectivity index (χ0n) is 22.1. The Hall–Kier alpha value is -4.93. The number of hydrogen-bond acceptors (Lipinski definition) is 6. The predicted molar refractivity (Wildman–Crippen MR) is 151 cm³/mol. The van der Waals surface area contributed by atoms with Crippen LogP contribution in [0.1, 0.15) is 46.9 Å². The van der Waals surface area contributed by atoms with Gasteiger partial charge in [0, 0.05) is 28.4 Å². The Labute approximate surface area is 233 Å². The van der Waals surface area contributed by atoms with Crippen LogP contribution in [0.3, 0.4) is 0 Å². The fourth-order valence-electron chi connectivity index (χ4n) is 3.56. The average Bonchev–Trinajstić information content (AvgIpc) is 2.97. The molecule has 6 N–H and O–H groups in total. The molecule has 0 saturated carbocycles. The first-order valence-corrected chi connectivity index (χ1v) is 12.5. The summed E-state index contributed by atoms with van der Waals surface area (Å²) in [6.45, 7) is 3.51. The quantitative estimate of drug-likeness (QED) is 0.140. The Morgan fingerprint density at radius 2 is 1.40 bits per heavy atom. The number of hydrogen-bond donors (Lipinski definition) is 6. The number of aliphatic hydroxyl groups excluding tert-OH is 1. The minimum absolute atomic E-state index is 0.0544. The molecule has 0 fully saturated rings. The zero-order chi connectivity index (χ0) is 28.9. The molecule has 204 valence electrons. The number of benzene rings is 3. The monoisotopic (exact) mass is 538 g/mol. The molecule has 0 bridgehead atoms. The van der Waals surface area contributed by atoms with Crippen LogP contribution in [0.15, 0.2) is 78.9 Å². The molecule has 9 heteroatoms.